The number of sulfonamides is 1. The number of anilines is 1. The van der Waals surface area contributed by atoms with Crippen molar-refractivity contribution in [1.29, 1.82) is 0 Å². The van der Waals surface area contributed by atoms with Crippen molar-refractivity contribution in [2.24, 2.45) is 0 Å². The number of benzene rings is 2. The van der Waals surface area contributed by atoms with Crippen LogP contribution in [0.2, 0.25) is 10.0 Å². The molecule has 0 fully saturated rings. The van der Waals surface area contributed by atoms with Crippen LogP contribution in [0.3, 0.4) is 0 Å². The minimum atomic E-state index is -3.76. The van der Waals surface area contributed by atoms with Crippen LogP contribution in [0, 0.1) is 6.92 Å². The van der Waals surface area contributed by atoms with Crippen molar-refractivity contribution in [3.05, 3.63) is 63.6 Å². The first-order chi connectivity index (χ1) is 15.9. The molecule has 10 heteroatoms. The number of rotatable bonds is 11. The predicted octanol–water partition coefficient (Wildman–Crippen LogP) is 4.40. The van der Waals surface area contributed by atoms with Gasteiger partial charge in [0, 0.05) is 13.1 Å². The molecule has 0 aliphatic carbocycles. The highest BCUT2D eigenvalue weighted by Crippen LogP contribution is 2.24. The molecule has 0 radical (unpaired) electrons. The summed E-state index contributed by atoms with van der Waals surface area (Å²) in [5, 5.41) is 3.53. The zero-order valence-electron chi connectivity index (χ0n) is 19.8. The predicted molar refractivity (Wildman–Crippen MR) is 138 cm³/mol. The number of amides is 2. The number of hydrogen-bond donors (Lipinski definition) is 1. The molecule has 0 aliphatic rings. The maximum atomic E-state index is 13.5. The van der Waals surface area contributed by atoms with Gasteiger partial charge in [0.05, 0.1) is 22.0 Å². The molecule has 0 heterocycles. The van der Waals surface area contributed by atoms with Crippen molar-refractivity contribution in [3.8, 4) is 0 Å². The Kier molecular flexibility index (Phi) is 10.2. The van der Waals surface area contributed by atoms with Crippen molar-refractivity contribution in [3.63, 3.8) is 0 Å². The Hall–Kier alpha value is -2.29. The van der Waals surface area contributed by atoms with E-state index in [0.29, 0.717) is 27.8 Å². The van der Waals surface area contributed by atoms with Crippen LogP contribution in [0.25, 0.3) is 0 Å². The molecule has 34 heavy (non-hydrogen) atoms. The van der Waals surface area contributed by atoms with E-state index in [0.717, 1.165) is 29.0 Å². The van der Waals surface area contributed by atoms with Gasteiger partial charge in [-0.1, -0.05) is 60.3 Å². The van der Waals surface area contributed by atoms with E-state index in [2.05, 4.69) is 5.32 Å². The molecule has 0 bridgehead atoms. The molecule has 0 saturated carbocycles. The normalized spacial score (nSPS) is 12.2. The van der Waals surface area contributed by atoms with Gasteiger partial charge in [0.15, 0.2) is 0 Å². The summed E-state index contributed by atoms with van der Waals surface area (Å²) in [7, 11) is -3.76. The van der Waals surface area contributed by atoms with Gasteiger partial charge < -0.3 is 10.2 Å². The summed E-state index contributed by atoms with van der Waals surface area (Å²) in [4.78, 5) is 27.6. The number of carbonyl (C=O) groups is 2. The zero-order valence-corrected chi connectivity index (χ0v) is 22.2. The molecule has 186 valence electrons. The molecule has 1 N–H and O–H groups in total. The summed E-state index contributed by atoms with van der Waals surface area (Å²) in [5.41, 5.74) is 2.00. The minimum absolute atomic E-state index is 0.0591. The smallest absolute Gasteiger partial charge is 0.244 e. The summed E-state index contributed by atoms with van der Waals surface area (Å²) in [6.45, 7) is 5.62. The Morgan fingerprint density at radius 1 is 1.06 bits per heavy atom. The van der Waals surface area contributed by atoms with Crippen molar-refractivity contribution >= 4 is 50.7 Å². The molecule has 0 unspecified atom stereocenters. The average molecular weight is 529 g/mol. The fraction of sp³-hybridized carbons (Fsp3) is 0.417. The zero-order chi connectivity index (χ0) is 25.5. The SMILES string of the molecule is CCCCNC(=O)[C@@H](C)N(Cc1ccc(Cl)c(Cl)c1)C(=O)CN(c1ccc(C)cc1)S(C)(=O)=O. The molecule has 2 rings (SSSR count). The Bertz CT molecular complexity index is 1110. The Labute approximate surface area is 212 Å². The van der Waals surface area contributed by atoms with E-state index in [9.17, 15) is 18.0 Å². The number of halogens is 2. The Morgan fingerprint density at radius 3 is 2.26 bits per heavy atom. The van der Waals surface area contributed by atoms with Crippen LogP contribution in [0.1, 0.15) is 37.8 Å². The quantitative estimate of drug-likeness (QED) is 0.438. The number of aryl methyl sites for hydroxylation is 1. The van der Waals surface area contributed by atoms with Crippen molar-refractivity contribution < 1.29 is 18.0 Å². The Morgan fingerprint density at radius 2 is 1.71 bits per heavy atom. The van der Waals surface area contributed by atoms with E-state index in [1.807, 2.05) is 13.8 Å². The van der Waals surface area contributed by atoms with Crippen LogP contribution in [-0.2, 0) is 26.2 Å². The first kappa shape index (κ1) is 28.0. The summed E-state index contributed by atoms with van der Waals surface area (Å²) < 4.78 is 26.1. The lowest BCUT2D eigenvalue weighted by atomic mass is 10.1. The molecule has 0 saturated heterocycles. The minimum Gasteiger partial charge on any atom is -0.354 e. The molecule has 0 aliphatic heterocycles. The maximum absolute atomic E-state index is 13.5. The monoisotopic (exact) mass is 527 g/mol. The van der Waals surface area contributed by atoms with Gasteiger partial charge in [-0.05, 0) is 50.1 Å². The van der Waals surface area contributed by atoms with Crippen molar-refractivity contribution in [2.75, 3.05) is 23.7 Å². The van der Waals surface area contributed by atoms with Gasteiger partial charge in [0.1, 0.15) is 12.6 Å². The van der Waals surface area contributed by atoms with Crippen molar-refractivity contribution in [1.82, 2.24) is 10.2 Å². The standard InChI is InChI=1S/C24H31Cl2N3O4S/c1-5-6-13-27-24(31)18(3)28(15-19-9-12-21(25)22(26)14-19)23(30)16-29(34(4,32)33)20-10-7-17(2)8-11-20/h7-12,14,18H,5-6,13,15-16H2,1-4H3,(H,27,31)/t18-/m1/s1. The first-order valence-corrected chi connectivity index (χ1v) is 13.6. The van der Waals surface area contributed by atoms with Gasteiger partial charge in [0.25, 0.3) is 0 Å². The number of nitrogens with zero attached hydrogens (tertiary/aromatic N) is 2. The van der Waals surface area contributed by atoms with E-state index in [4.69, 9.17) is 23.2 Å². The highest BCUT2D eigenvalue weighted by atomic mass is 35.5. The third kappa shape index (κ3) is 7.89. The molecular weight excluding hydrogens is 497 g/mol. The van der Waals surface area contributed by atoms with Crippen LogP contribution < -0.4 is 9.62 Å². The third-order valence-electron chi connectivity index (χ3n) is 5.33. The lowest BCUT2D eigenvalue weighted by molar-refractivity contribution is -0.139. The van der Waals surface area contributed by atoms with E-state index in [-0.39, 0.29) is 12.5 Å². The molecule has 0 spiro atoms. The first-order valence-electron chi connectivity index (χ1n) is 11.0. The van der Waals surface area contributed by atoms with E-state index in [1.54, 1.807) is 49.4 Å². The fourth-order valence-electron chi connectivity index (χ4n) is 3.28. The molecule has 0 aromatic heterocycles. The fourth-order valence-corrected chi connectivity index (χ4v) is 4.45. The van der Waals surface area contributed by atoms with Crippen LogP contribution in [0.15, 0.2) is 42.5 Å². The lowest BCUT2D eigenvalue weighted by Crippen LogP contribution is -2.51. The third-order valence-corrected chi connectivity index (χ3v) is 7.21. The van der Waals surface area contributed by atoms with E-state index < -0.39 is 28.5 Å². The van der Waals surface area contributed by atoms with Gasteiger partial charge in [-0.3, -0.25) is 13.9 Å². The lowest BCUT2D eigenvalue weighted by Gasteiger charge is -2.31. The van der Waals surface area contributed by atoms with E-state index in [1.165, 1.54) is 4.90 Å². The largest absolute Gasteiger partial charge is 0.354 e. The van der Waals surface area contributed by atoms with Crippen LogP contribution in [-0.4, -0.2) is 50.5 Å². The van der Waals surface area contributed by atoms with Gasteiger partial charge in [-0.15, -0.1) is 0 Å². The molecule has 2 amide bonds. The van der Waals surface area contributed by atoms with Crippen LogP contribution in [0.4, 0.5) is 5.69 Å². The summed E-state index contributed by atoms with van der Waals surface area (Å²) in [5.74, 6) is -0.835. The van der Waals surface area contributed by atoms with Gasteiger partial charge in [-0.25, -0.2) is 8.42 Å². The number of carbonyl (C=O) groups excluding carboxylic acids is 2. The van der Waals surface area contributed by atoms with Gasteiger partial charge >= 0.3 is 0 Å². The highest BCUT2D eigenvalue weighted by molar-refractivity contribution is 7.92. The highest BCUT2D eigenvalue weighted by Gasteiger charge is 2.30. The number of hydrogen-bond acceptors (Lipinski definition) is 4. The number of unbranched alkanes of at least 4 members (excludes halogenated alkanes) is 1. The second kappa shape index (κ2) is 12.4. The van der Waals surface area contributed by atoms with Crippen LogP contribution >= 0.6 is 23.2 Å². The summed E-state index contributed by atoms with van der Waals surface area (Å²) in [6.07, 6.45) is 2.78. The molecule has 2 aromatic carbocycles. The second-order valence-corrected chi connectivity index (χ2v) is 10.9. The van der Waals surface area contributed by atoms with Crippen molar-refractivity contribution in [2.45, 2.75) is 46.2 Å². The summed E-state index contributed by atoms with van der Waals surface area (Å²) >= 11 is 12.1. The van der Waals surface area contributed by atoms with E-state index >= 15 is 0 Å². The maximum Gasteiger partial charge on any atom is 0.244 e. The topological polar surface area (TPSA) is 86.8 Å². The molecule has 2 aromatic rings. The number of nitrogens with one attached hydrogen (secondary N) is 1. The molecular formula is C24H31Cl2N3O4S. The molecule has 7 nitrogen and oxygen atoms in total. The van der Waals surface area contributed by atoms with Gasteiger partial charge in [0.2, 0.25) is 21.8 Å². The van der Waals surface area contributed by atoms with Crippen LogP contribution in [0.5, 0.6) is 0 Å². The summed E-state index contributed by atoms with van der Waals surface area (Å²) in [6, 6.07) is 11.0. The second-order valence-electron chi connectivity index (χ2n) is 8.20. The van der Waals surface area contributed by atoms with Gasteiger partial charge in [-0.2, -0.15) is 0 Å². The molecule has 1 atom stereocenters. The average Bonchev–Trinajstić information content (AvgIpc) is 2.77. The Balaban J connectivity index is 2.36.